The quantitative estimate of drug-likeness (QED) is 0.911. The molecule has 0 unspecified atom stereocenters. The van der Waals surface area contributed by atoms with E-state index in [0.717, 1.165) is 4.31 Å². The molecule has 1 saturated heterocycles. The molecular formula is C14H17F3N2O3S. The first kappa shape index (κ1) is 17.7. The minimum Gasteiger partial charge on any atom is -0.326 e. The van der Waals surface area contributed by atoms with E-state index >= 15 is 0 Å². The highest BCUT2D eigenvalue weighted by atomic mass is 32.2. The molecule has 1 atom stereocenters. The largest absolute Gasteiger partial charge is 0.393 e. The summed E-state index contributed by atoms with van der Waals surface area (Å²) in [5.74, 6) is -1.94. The number of nitrogens with one attached hydrogen (secondary N) is 1. The maximum atomic E-state index is 12.8. The van der Waals surface area contributed by atoms with Crippen molar-refractivity contribution in [3.63, 3.8) is 0 Å². The summed E-state index contributed by atoms with van der Waals surface area (Å²) in [6, 6.07) is 5.36. The number of piperidine rings is 1. The van der Waals surface area contributed by atoms with Crippen LogP contribution in [0.3, 0.4) is 0 Å². The smallest absolute Gasteiger partial charge is 0.326 e. The van der Waals surface area contributed by atoms with Crippen LogP contribution in [0, 0.1) is 5.92 Å². The first-order chi connectivity index (χ1) is 10.6. The maximum Gasteiger partial charge on any atom is 0.393 e. The van der Waals surface area contributed by atoms with Crippen LogP contribution in [0.15, 0.2) is 29.2 Å². The zero-order chi connectivity index (χ0) is 17.3. The van der Waals surface area contributed by atoms with E-state index in [9.17, 15) is 26.4 Å². The van der Waals surface area contributed by atoms with Gasteiger partial charge in [0.05, 0.1) is 10.8 Å². The number of nitrogens with zero attached hydrogens (tertiary/aromatic N) is 1. The zero-order valence-electron chi connectivity index (χ0n) is 12.4. The Kier molecular flexibility index (Phi) is 5.00. The average molecular weight is 350 g/mol. The van der Waals surface area contributed by atoms with Crippen molar-refractivity contribution in [2.75, 3.05) is 18.4 Å². The second-order valence-electron chi connectivity index (χ2n) is 5.45. The Bertz CT molecular complexity index is 672. The lowest BCUT2D eigenvalue weighted by molar-refractivity contribution is -0.182. The van der Waals surface area contributed by atoms with Gasteiger partial charge in [0, 0.05) is 25.7 Å². The predicted molar refractivity (Wildman–Crippen MR) is 78.3 cm³/mol. The second-order valence-corrected chi connectivity index (χ2v) is 7.39. The number of sulfonamides is 1. The molecule has 0 saturated carbocycles. The summed E-state index contributed by atoms with van der Waals surface area (Å²) in [7, 11) is -3.98. The molecule has 0 aromatic heterocycles. The monoisotopic (exact) mass is 350 g/mol. The van der Waals surface area contributed by atoms with Crippen LogP contribution in [0.5, 0.6) is 0 Å². The van der Waals surface area contributed by atoms with Crippen LogP contribution < -0.4 is 5.32 Å². The second kappa shape index (κ2) is 6.48. The van der Waals surface area contributed by atoms with Gasteiger partial charge in [-0.15, -0.1) is 0 Å². The Morgan fingerprint density at radius 3 is 2.39 bits per heavy atom. The highest BCUT2D eigenvalue weighted by Crippen LogP contribution is 2.35. The van der Waals surface area contributed by atoms with Crippen molar-refractivity contribution in [2.24, 2.45) is 5.92 Å². The molecule has 1 aromatic carbocycles. The topological polar surface area (TPSA) is 66.5 Å². The summed E-state index contributed by atoms with van der Waals surface area (Å²) in [4.78, 5) is 10.8. The standard InChI is InChI=1S/C14H17F3N2O3S/c1-10(20)18-12-4-6-13(7-5-12)23(21,22)19-8-2-3-11(9-19)14(15,16)17/h4-7,11H,2-3,8-9H2,1H3,(H,18,20)/t11-/m1/s1. The Hall–Kier alpha value is -1.61. The van der Waals surface area contributed by atoms with Crippen LogP contribution in [-0.4, -0.2) is 37.9 Å². The Labute approximate surface area is 132 Å². The molecule has 1 aliphatic heterocycles. The van der Waals surface area contributed by atoms with Gasteiger partial charge in [0.2, 0.25) is 15.9 Å². The number of hydrogen-bond donors (Lipinski definition) is 1. The molecule has 1 N–H and O–H groups in total. The number of carbonyl (C=O) groups is 1. The number of alkyl halides is 3. The molecule has 1 aromatic rings. The minimum absolute atomic E-state index is 0.0585. The number of amides is 1. The Morgan fingerprint density at radius 1 is 1.26 bits per heavy atom. The van der Waals surface area contributed by atoms with E-state index in [0.29, 0.717) is 5.69 Å². The van der Waals surface area contributed by atoms with Crippen molar-refractivity contribution in [3.05, 3.63) is 24.3 Å². The molecule has 128 valence electrons. The van der Waals surface area contributed by atoms with Crippen molar-refractivity contribution in [1.29, 1.82) is 0 Å². The van der Waals surface area contributed by atoms with Crippen LogP contribution in [0.1, 0.15) is 19.8 Å². The minimum atomic E-state index is -4.40. The van der Waals surface area contributed by atoms with Crippen LogP contribution in [0.4, 0.5) is 18.9 Å². The highest BCUT2D eigenvalue weighted by Gasteiger charge is 2.44. The van der Waals surface area contributed by atoms with E-state index in [1.165, 1.54) is 31.2 Å². The van der Waals surface area contributed by atoms with E-state index < -0.39 is 28.7 Å². The van der Waals surface area contributed by atoms with Gasteiger partial charge in [-0.05, 0) is 37.1 Å². The van der Waals surface area contributed by atoms with Crippen LogP contribution in [0.25, 0.3) is 0 Å². The number of carbonyl (C=O) groups excluding carboxylic acids is 1. The van der Waals surface area contributed by atoms with Crippen molar-refractivity contribution in [3.8, 4) is 0 Å². The van der Waals surface area contributed by atoms with E-state index in [4.69, 9.17) is 0 Å². The summed E-state index contributed by atoms with van der Waals surface area (Å²) in [5, 5.41) is 2.49. The maximum absolute atomic E-state index is 12.8. The highest BCUT2D eigenvalue weighted by molar-refractivity contribution is 7.89. The van der Waals surface area contributed by atoms with Crippen LogP contribution >= 0.6 is 0 Å². The number of anilines is 1. The van der Waals surface area contributed by atoms with E-state index in [-0.39, 0.29) is 30.2 Å². The molecule has 5 nitrogen and oxygen atoms in total. The van der Waals surface area contributed by atoms with Gasteiger partial charge in [-0.25, -0.2) is 8.42 Å². The van der Waals surface area contributed by atoms with Crippen molar-refractivity contribution in [2.45, 2.75) is 30.8 Å². The third kappa shape index (κ3) is 4.23. The predicted octanol–water partition coefficient (Wildman–Crippen LogP) is 2.61. The fourth-order valence-corrected chi connectivity index (χ4v) is 4.01. The number of halogens is 3. The van der Waals surface area contributed by atoms with Crippen molar-refractivity contribution < 1.29 is 26.4 Å². The molecule has 1 heterocycles. The third-order valence-electron chi connectivity index (χ3n) is 3.66. The third-order valence-corrected chi connectivity index (χ3v) is 5.54. The molecular weight excluding hydrogens is 333 g/mol. The number of hydrogen-bond acceptors (Lipinski definition) is 3. The summed E-state index contributed by atoms with van der Waals surface area (Å²) in [6.45, 7) is 0.831. The SMILES string of the molecule is CC(=O)Nc1ccc(S(=O)(=O)N2CCC[C@@H](C(F)(F)F)C2)cc1. The van der Waals surface area contributed by atoms with E-state index in [2.05, 4.69) is 5.32 Å². The summed E-state index contributed by atoms with van der Waals surface area (Å²) in [5.41, 5.74) is 0.420. The summed E-state index contributed by atoms with van der Waals surface area (Å²) in [6.07, 6.45) is -4.28. The molecule has 1 aliphatic rings. The lowest BCUT2D eigenvalue weighted by Gasteiger charge is -2.32. The first-order valence-corrected chi connectivity index (χ1v) is 8.49. The molecule has 23 heavy (non-hydrogen) atoms. The molecule has 0 aliphatic carbocycles. The van der Waals surface area contributed by atoms with Gasteiger partial charge in [0.25, 0.3) is 0 Å². The first-order valence-electron chi connectivity index (χ1n) is 7.05. The Morgan fingerprint density at radius 2 is 1.87 bits per heavy atom. The number of rotatable bonds is 3. The van der Waals surface area contributed by atoms with Gasteiger partial charge < -0.3 is 5.32 Å². The van der Waals surface area contributed by atoms with Crippen molar-refractivity contribution >= 4 is 21.6 Å². The summed E-state index contributed by atoms with van der Waals surface area (Å²) < 4.78 is 64.3. The Balaban J connectivity index is 2.19. The fraction of sp³-hybridized carbons (Fsp3) is 0.500. The molecule has 0 bridgehead atoms. The fourth-order valence-electron chi connectivity index (χ4n) is 2.49. The van der Waals surface area contributed by atoms with Crippen LogP contribution in [-0.2, 0) is 14.8 Å². The molecule has 0 radical (unpaired) electrons. The molecule has 0 spiro atoms. The van der Waals surface area contributed by atoms with Crippen molar-refractivity contribution in [1.82, 2.24) is 4.31 Å². The van der Waals surface area contributed by atoms with Gasteiger partial charge in [-0.2, -0.15) is 17.5 Å². The number of benzene rings is 1. The van der Waals surface area contributed by atoms with Gasteiger partial charge >= 0.3 is 6.18 Å². The average Bonchev–Trinajstić information content (AvgIpc) is 2.46. The summed E-state index contributed by atoms with van der Waals surface area (Å²) >= 11 is 0. The lowest BCUT2D eigenvalue weighted by atomic mass is 9.99. The van der Waals surface area contributed by atoms with Crippen LogP contribution in [0.2, 0.25) is 0 Å². The van der Waals surface area contributed by atoms with E-state index in [1.807, 2.05) is 0 Å². The zero-order valence-corrected chi connectivity index (χ0v) is 13.2. The van der Waals surface area contributed by atoms with E-state index in [1.54, 1.807) is 0 Å². The van der Waals surface area contributed by atoms with Gasteiger partial charge in [-0.1, -0.05) is 0 Å². The van der Waals surface area contributed by atoms with Gasteiger partial charge in [0.1, 0.15) is 0 Å². The lowest BCUT2D eigenvalue weighted by Crippen LogP contribution is -2.44. The van der Waals surface area contributed by atoms with Gasteiger partial charge in [0.15, 0.2) is 0 Å². The molecule has 1 fully saturated rings. The molecule has 9 heteroatoms. The van der Waals surface area contributed by atoms with Gasteiger partial charge in [-0.3, -0.25) is 4.79 Å². The normalized spacial score (nSPS) is 20.3. The molecule has 2 rings (SSSR count). The molecule has 1 amide bonds.